The summed E-state index contributed by atoms with van der Waals surface area (Å²) in [5.74, 6) is -4.03. The van der Waals surface area contributed by atoms with Gasteiger partial charge < -0.3 is 10.2 Å². The fourth-order valence-electron chi connectivity index (χ4n) is 1.26. The summed E-state index contributed by atoms with van der Waals surface area (Å²) in [7, 11) is -4.45. The molecule has 1 rings (SSSR count). The van der Waals surface area contributed by atoms with Crippen LogP contribution in [0.2, 0.25) is 0 Å². The molecule has 0 radical (unpaired) electrons. The van der Waals surface area contributed by atoms with Gasteiger partial charge in [0.25, 0.3) is 0 Å². The Kier molecular flexibility index (Phi) is 4.92. The van der Waals surface area contributed by atoms with Gasteiger partial charge >= 0.3 is 5.97 Å². The van der Waals surface area contributed by atoms with E-state index in [0.717, 1.165) is 18.2 Å². The van der Waals surface area contributed by atoms with Crippen molar-refractivity contribution in [2.75, 3.05) is 6.54 Å². The van der Waals surface area contributed by atoms with E-state index in [4.69, 9.17) is 10.2 Å². The summed E-state index contributed by atoms with van der Waals surface area (Å²) in [6, 6.07) is 2.57. The Morgan fingerprint density at radius 2 is 1.84 bits per heavy atom. The van der Waals surface area contributed by atoms with Crippen LogP contribution in [-0.2, 0) is 14.8 Å². The summed E-state index contributed by atoms with van der Waals surface area (Å²) in [6.07, 6.45) is -2.18. The third-order valence-electron chi connectivity index (χ3n) is 2.18. The molecular formula is C10H11F2NO5S. The number of halogens is 2. The largest absolute Gasteiger partial charge is 0.479 e. The van der Waals surface area contributed by atoms with Crippen molar-refractivity contribution in [3.8, 4) is 0 Å². The molecule has 106 valence electrons. The molecule has 0 amide bonds. The summed E-state index contributed by atoms with van der Waals surface area (Å²) in [5, 5.41) is 17.3. The van der Waals surface area contributed by atoms with E-state index in [1.54, 1.807) is 0 Å². The Morgan fingerprint density at radius 3 is 2.32 bits per heavy atom. The summed E-state index contributed by atoms with van der Waals surface area (Å²) in [5.41, 5.74) is 0. The maximum absolute atomic E-state index is 13.3. The van der Waals surface area contributed by atoms with Gasteiger partial charge in [0, 0.05) is 6.54 Å². The second kappa shape index (κ2) is 6.04. The highest BCUT2D eigenvalue weighted by Crippen LogP contribution is 2.17. The number of sulfonamides is 1. The molecule has 0 aromatic heterocycles. The first-order valence-corrected chi connectivity index (χ1v) is 6.58. The SMILES string of the molecule is O=C(O)C(O)CCNS(=O)(=O)c1c(F)cccc1F. The van der Waals surface area contributed by atoms with Crippen molar-refractivity contribution < 1.29 is 32.2 Å². The standard InChI is InChI=1S/C10H11F2NO5S/c11-6-2-1-3-7(12)9(6)19(17,18)13-5-4-8(14)10(15)16/h1-3,8,13-14H,4-5H2,(H,15,16). The molecule has 1 atom stereocenters. The first-order chi connectivity index (χ1) is 8.75. The van der Waals surface area contributed by atoms with Gasteiger partial charge in [-0.1, -0.05) is 6.07 Å². The molecule has 1 aromatic rings. The highest BCUT2D eigenvalue weighted by Gasteiger charge is 2.24. The summed E-state index contributed by atoms with van der Waals surface area (Å²) in [6.45, 7) is -0.469. The lowest BCUT2D eigenvalue weighted by atomic mass is 10.3. The molecule has 0 heterocycles. The molecule has 1 aromatic carbocycles. The van der Waals surface area contributed by atoms with Gasteiger partial charge in [0.05, 0.1) is 0 Å². The lowest BCUT2D eigenvalue weighted by Crippen LogP contribution is -2.31. The molecule has 0 spiro atoms. The highest BCUT2D eigenvalue weighted by atomic mass is 32.2. The normalized spacial score (nSPS) is 13.2. The molecule has 6 nitrogen and oxygen atoms in total. The summed E-state index contributed by atoms with van der Waals surface area (Å²) < 4.78 is 51.5. The van der Waals surface area contributed by atoms with Crippen LogP contribution in [0.4, 0.5) is 8.78 Å². The fraction of sp³-hybridized carbons (Fsp3) is 0.300. The minimum atomic E-state index is -4.45. The van der Waals surface area contributed by atoms with E-state index >= 15 is 0 Å². The monoisotopic (exact) mass is 295 g/mol. The second-order valence-electron chi connectivity index (χ2n) is 3.59. The smallest absolute Gasteiger partial charge is 0.332 e. The topological polar surface area (TPSA) is 104 Å². The van der Waals surface area contributed by atoms with Crippen molar-refractivity contribution in [2.45, 2.75) is 17.4 Å². The van der Waals surface area contributed by atoms with Crippen LogP contribution in [0, 0.1) is 11.6 Å². The van der Waals surface area contributed by atoms with Crippen molar-refractivity contribution in [1.29, 1.82) is 0 Å². The number of benzene rings is 1. The lowest BCUT2D eigenvalue weighted by molar-refractivity contribution is -0.146. The third-order valence-corrected chi connectivity index (χ3v) is 3.69. The Hall–Kier alpha value is -1.58. The van der Waals surface area contributed by atoms with E-state index in [1.165, 1.54) is 0 Å². The van der Waals surface area contributed by atoms with Crippen LogP contribution >= 0.6 is 0 Å². The van der Waals surface area contributed by atoms with Crippen LogP contribution < -0.4 is 4.72 Å². The van der Waals surface area contributed by atoms with Crippen molar-refractivity contribution >= 4 is 16.0 Å². The van der Waals surface area contributed by atoms with Gasteiger partial charge in [-0.25, -0.2) is 26.7 Å². The zero-order chi connectivity index (χ0) is 14.6. The predicted octanol–water partition coefficient (Wildman–Crippen LogP) is 0.0787. The molecule has 19 heavy (non-hydrogen) atoms. The molecule has 0 aliphatic rings. The highest BCUT2D eigenvalue weighted by molar-refractivity contribution is 7.89. The van der Waals surface area contributed by atoms with E-state index < -0.39 is 51.6 Å². The van der Waals surface area contributed by atoms with Crippen LogP contribution in [0.3, 0.4) is 0 Å². The number of rotatable bonds is 6. The molecule has 1 unspecified atom stereocenters. The first-order valence-electron chi connectivity index (χ1n) is 5.10. The van der Waals surface area contributed by atoms with Gasteiger partial charge in [-0.05, 0) is 18.6 Å². The molecule has 0 aliphatic carbocycles. The molecule has 3 N–H and O–H groups in total. The van der Waals surface area contributed by atoms with Gasteiger partial charge in [0.2, 0.25) is 10.0 Å². The molecule has 0 aliphatic heterocycles. The number of carboxylic acid groups (broad SMARTS) is 1. The second-order valence-corrected chi connectivity index (χ2v) is 5.30. The third kappa shape index (κ3) is 3.94. The van der Waals surface area contributed by atoms with Gasteiger partial charge in [0.1, 0.15) is 11.6 Å². The Balaban J connectivity index is 2.80. The maximum atomic E-state index is 13.3. The zero-order valence-electron chi connectivity index (χ0n) is 9.51. The number of carbonyl (C=O) groups is 1. The zero-order valence-corrected chi connectivity index (χ0v) is 10.3. The van der Waals surface area contributed by atoms with E-state index in [-0.39, 0.29) is 0 Å². The summed E-state index contributed by atoms with van der Waals surface area (Å²) in [4.78, 5) is 9.15. The quantitative estimate of drug-likeness (QED) is 0.689. The number of carboxylic acids is 1. The molecular weight excluding hydrogens is 284 g/mol. The average Bonchev–Trinajstić information content (AvgIpc) is 2.27. The Labute approximate surface area is 107 Å². The number of nitrogens with one attached hydrogen (secondary N) is 1. The average molecular weight is 295 g/mol. The van der Waals surface area contributed by atoms with Crippen molar-refractivity contribution in [3.05, 3.63) is 29.8 Å². The van der Waals surface area contributed by atoms with Gasteiger partial charge in [0.15, 0.2) is 11.0 Å². The van der Waals surface area contributed by atoms with Crippen molar-refractivity contribution in [3.63, 3.8) is 0 Å². The number of aliphatic hydroxyl groups excluding tert-OH is 1. The van der Waals surface area contributed by atoms with E-state index in [2.05, 4.69) is 0 Å². The van der Waals surface area contributed by atoms with Gasteiger partial charge in [-0.15, -0.1) is 0 Å². The minimum Gasteiger partial charge on any atom is -0.479 e. The molecule has 0 saturated heterocycles. The predicted molar refractivity (Wildman–Crippen MR) is 59.8 cm³/mol. The fourth-order valence-corrected chi connectivity index (χ4v) is 2.45. The van der Waals surface area contributed by atoms with E-state index in [1.807, 2.05) is 4.72 Å². The van der Waals surface area contributed by atoms with Crippen LogP contribution in [0.25, 0.3) is 0 Å². The van der Waals surface area contributed by atoms with Crippen LogP contribution in [0.15, 0.2) is 23.1 Å². The van der Waals surface area contributed by atoms with Crippen molar-refractivity contribution in [2.24, 2.45) is 0 Å². The molecule has 0 bridgehead atoms. The molecule has 0 saturated carbocycles. The van der Waals surface area contributed by atoms with Crippen LogP contribution in [0.5, 0.6) is 0 Å². The molecule has 0 fully saturated rings. The summed E-state index contributed by atoms with van der Waals surface area (Å²) >= 11 is 0. The number of hydrogen-bond acceptors (Lipinski definition) is 4. The Morgan fingerprint density at radius 1 is 1.32 bits per heavy atom. The lowest BCUT2D eigenvalue weighted by Gasteiger charge is -2.09. The number of hydrogen-bond donors (Lipinski definition) is 3. The first kappa shape index (κ1) is 15.5. The van der Waals surface area contributed by atoms with Crippen LogP contribution in [-0.4, -0.2) is 37.2 Å². The van der Waals surface area contributed by atoms with Crippen LogP contribution in [0.1, 0.15) is 6.42 Å². The Bertz CT molecular complexity index is 555. The number of aliphatic hydroxyl groups is 1. The molecule has 9 heteroatoms. The van der Waals surface area contributed by atoms with E-state index in [9.17, 15) is 22.0 Å². The van der Waals surface area contributed by atoms with Gasteiger partial charge in [-0.3, -0.25) is 0 Å². The van der Waals surface area contributed by atoms with Gasteiger partial charge in [-0.2, -0.15) is 0 Å². The maximum Gasteiger partial charge on any atom is 0.332 e. The van der Waals surface area contributed by atoms with E-state index in [0.29, 0.717) is 0 Å². The number of aliphatic carboxylic acids is 1. The van der Waals surface area contributed by atoms with Crippen molar-refractivity contribution in [1.82, 2.24) is 4.72 Å². The minimum absolute atomic E-state index is 0.426.